The number of urea groups is 1. The van der Waals surface area contributed by atoms with Gasteiger partial charge in [-0.15, -0.1) is 0 Å². The average molecular weight is 345 g/mol. The number of para-hydroxylation sites is 1. The number of hydrogen-bond acceptors (Lipinski definition) is 3. The van der Waals surface area contributed by atoms with E-state index in [1.807, 2.05) is 21.9 Å². The van der Waals surface area contributed by atoms with E-state index in [2.05, 4.69) is 0 Å². The number of piperidine rings is 1. The van der Waals surface area contributed by atoms with Crippen LogP contribution in [0.1, 0.15) is 31.2 Å². The highest BCUT2D eigenvalue weighted by atomic mass is 16.3. The van der Waals surface area contributed by atoms with Crippen LogP contribution in [0.3, 0.4) is 0 Å². The van der Waals surface area contributed by atoms with Crippen molar-refractivity contribution in [2.75, 3.05) is 33.2 Å². The summed E-state index contributed by atoms with van der Waals surface area (Å²) in [6.07, 6.45) is 3.82. The van der Waals surface area contributed by atoms with Gasteiger partial charge in [0.15, 0.2) is 0 Å². The molecule has 6 heteroatoms. The van der Waals surface area contributed by atoms with E-state index >= 15 is 0 Å². The predicted octanol–water partition coefficient (Wildman–Crippen LogP) is 2.28. The van der Waals surface area contributed by atoms with Crippen molar-refractivity contribution >= 4 is 11.9 Å². The first kappa shape index (κ1) is 17.6. The van der Waals surface area contributed by atoms with Gasteiger partial charge < -0.3 is 19.8 Å². The maximum absolute atomic E-state index is 12.8. The standard InChI is InChI=1S/C19H27N3O3/c1-20(13-15-7-2-3-9-17(15)23)18(24)16-8-6-12-22(14-16)19(25)21-10-4-5-11-21/h2-3,7,9,16,23H,4-6,8,10-14H2,1H3. The first-order valence-electron chi connectivity index (χ1n) is 9.12. The molecule has 2 fully saturated rings. The van der Waals surface area contributed by atoms with Crippen LogP contribution in [0.15, 0.2) is 24.3 Å². The third-order valence-electron chi connectivity index (χ3n) is 5.19. The largest absolute Gasteiger partial charge is 0.508 e. The van der Waals surface area contributed by atoms with Crippen molar-refractivity contribution < 1.29 is 14.7 Å². The summed E-state index contributed by atoms with van der Waals surface area (Å²) in [6.45, 7) is 3.28. The normalized spacial score (nSPS) is 20.6. The summed E-state index contributed by atoms with van der Waals surface area (Å²) < 4.78 is 0. The third kappa shape index (κ3) is 4.06. The number of rotatable bonds is 3. The second-order valence-corrected chi connectivity index (χ2v) is 7.08. The van der Waals surface area contributed by atoms with Crippen molar-refractivity contribution in [2.24, 2.45) is 5.92 Å². The highest BCUT2D eigenvalue weighted by Gasteiger charge is 2.32. The smallest absolute Gasteiger partial charge is 0.320 e. The van der Waals surface area contributed by atoms with E-state index in [4.69, 9.17) is 0 Å². The lowest BCUT2D eigenvalue weighted by atomic mass is 9.96. The average Bonchev–Trinajstić information content (AvgIpc) is 3.17. The lowest BCUT2D eigenvalue weighted by molar-refractivity contribution is -0.136. The topological polar surface area (TPSA) is 64.1 Å². The monoisotopic (exact) mass is 345 g/mol. The number of phenolic OH excluding ortho intramolecular Hbond substituents is 1. The fraction of sp³-hybridized carbons (Fsp3) is 0.579. The quantitative estimate of drug-likeness (QED) is 0.914. The van der Waals surface area contributed by atoms with Crippen LogP contribution in [-0.4, -0.2) is 65.0 Å². The zero-order valence-corrected chi connectivity index (χ0v) is 14.9. The minimum atomic E-state index is -0.156. The van der Waals surface area contributed by atoms with Gasteiger partial charge in [-0.05, 0) is 31.7 Å². The van der Waals surface area contributed by atoms with Crippen LogP contribution in [0, 0.1) is 5.92 Å². The van der Waals surface area contributed by atoms with E-state index in [1.165, 1.54) is 0 Å². The van der Waals surface area contributed by atoms with Gasteiger partial charge in [-0.2, -0.15) is 0 Å². The van der Waals surface area contributed by atoms with Gasteiger partial charge in [-0.1, -0.05) is 18.2 Å². The molecule has 0 aliphatic carbocycles. The van der Waals surface area contributed by atoms with Gasteiger partial charge in [0.1, 0.15) is 5.75 Å². The molecule has 1 aromatic rings. The molecule has 2 aliphatic heterocycles. The highest BCUT2D eigenvalue weighted by Crippen LogP contribution is 2.23. The predicted molar refractivity (Wildman–Crippen MR) is 95.1 cm³/mol. The molecule has 3 rings (SSSR count). The van der Waals surface area contributed by atoms with Crippen molar-refractivity contribution in [2.45, 2.75) is 32.2 Å². The number of benzene rings is 1. The molecule has 25 heavy (non-hydrogen) atoms. The molecule has 6 nitrogen and oxygen atoms in total. The molecule has 1 unspecified atom stereocenters. The lowest BCUT2D eigenvalue weighted by Gasteiger charge is -2.36. The second kappa shape index (κ2) is 7.76. The van der Waals surface area contributed by atoms with Gasteiger partial charge in [0, 0.05) is 45.3 Å². The van der Waals surface area contributed by atoms with Crippen LogP contribution >= 0.6 is 0 Å². The number of amides is 3. The Morgan fingerprint density at radius 3 is 2.52 bits per heavy atom. The van der Waals surface area contributed by atoms with Gasteiger partial charge in [0.25, 0.3) is 0 Å². The molecule has 0 bridgehead atoms. The van der Waals surface area contributed by atoms with E-state index in [-0.39, 0.29) is 23.6 Å². The second-order valence-electron chi connectivity index (χ2n) is 7.08. The van der Waals surface area contributed by atoms with Crippen LogP contribution in [0.4, 0.5) is 4.79 Å². The molecular formula is C19H27N3O3. The van der Waals surface area contributed by atoms with Crippen LogP contribution in [0.5, 0.6) is 5.75 Å². The molecule has 2 saturated heterocycles. The molecule has 3 amide bonds. The zero-order chi connectivity index (χ0) is 17.8. The minimum absolute atomic E-state index is 0.0437. The number of aromatic hydroxyl groups is 1. The molecule has 0 radical (unpaired) electrons. The molecule has 1 atom stereocenters. The molecule has 0 aromatic heterocycles. The van der Waals surface area contributed by atoms with E-state index in [9.17, 15) is 14.7 Å². The number of hydrogen-bond donors (Lipinski definition) is 1. The van der Waals surface area contributed by atoms with Gasteiger partial charge in [0.2, 0.25) is 5.91 Å². The van der Waals surface area contributed by atoms with E-state index in [1.54, 1.807) is 24.1 Å². The molecule has 0 spiro atoms. The summed E-state index contributed by atoms with van der Waals surface area (Å²) >= 11 is 0. The zero-order valence-electron chi connectivity index (χ0n) is 14.9. The van der Waals surface area contributed by atoms with Crippen LogP contribution in [0.2, 0.25) is 0 Å². The molecular weight excluding hydrogens is 318 g/mol. The van der Waals surface area contributed by atoms with Crippen molar-refractivity contribution in [3.8, 4) is 5.75 Å². The number of carbonyl (C=O) groups excluding carboxylic acids is 2. The summed E-state index contributed by atoms with van der Waals surface area (Å²) in [7, 11) is 1.76. The highest BCUT2D eigenvalue weighted by molar-refractivity contribution is 5.81. The van der Waals surface area contributed by atoms with E-state index in [0.29, 0.717) is 13.1 Å². The van der Waals surface area contributed by atoms with Crippen LogP contribution in [-0.2, 0) is 11.3 Å². The molecule has 2 aliphatic rings. The number of phenols is 1. The van der Waals surface area contributed by atoms with Crippen LogP contribution < -0.4 is 0 Å². The van der Waals surface area contributed by atoms with E-state index < -0.39 is 0 Å². The maximum Gasteiger partial charge on any atom is 0.320 e. The Morgan fingerprint density at radius 2 is 1.80 bits per heavy atom. The summed E-state index contributed by atoms with van der Waals surface area (Å²) in [5.74, 6) is 0.0926. The van der Waals surface area contributed by atoms with Crippen molar-refractivity contribution in [1.29, 1.82) is 0 Å². The van der Waals surface area contributed by atoms with Crippen molar-refractivity contribution in [3.63, 3.8) is 0 Å². The Labute approximate surface area is 149 Å². The Morgan fingerprint density at radius 1 is 1.12 bits per heavy atom. The maximum atomic E-state index is 12.8. The Balaban J connectivity index is 1.59. The van der Waals surface area contributed by atoms with Crippen LogP contribution in [0.25, 0.3) is 0 Å². The Kier molecular flexibility index (Phi) is 5.46. The lowest BCUT2D eigenvalue weighted by Crippen LogP contribution is -2.49. The Hall–Kier alpha value is -2.24. The molecule has 136 valence electrons. The van der Waals surface area contributed by atoms with Crippen molar-refractivity contribution in [3.05, 3.63) is 29.8 Å². The van der Waals surface area contributed by atoms with Crippen molar-refractivity contribution in [1.82, 2.24) is 14.7 Å². The molecule has 0 saturated carbocycles. The number of carbonyl (C=O) groups is 2. The van der Waals surface area contributed by atoms with Gasteiger partial charge in [-0.3, -0.25) is 4.79 Å². The van der Waals surface area contributed by atoms with Gasteiger partial charge in [0.05, 0.1) is 5.92 Å². The minimum Gasteiger partial charge on any atom is -0.508 e. The summed E-state index contributed by atoms with van der Waals surface area (Å²) in [5.41, 5.74) is 0.735. The van der Waals surface area contributed by atoms with Gasteiger partial charge in [-0.25, -0.2) is 4.79 Å². The fourth-order valence-corrected chi connectivity index (χ4v) is 3.75. The summed E-state index contributed by atoms with van der Waals surface area (Å²) in [6, 6.07) is 7.15. The summed E-state index contributed by atoms with van der Waals surface area (Å²) in [4.78, 5) is 30.8. The third-order valence-corrected chi connectivity index (χ3v) is 5.19. The molecule has 1 aromatic carbocycles. The van der Waals surface area contributed by atoms with E-state index in [0.717, 1.165) is 50.9 Å². The number of likely N-dealkylation sites (tertiary alicyclic amines) is 2. The fourth-order valence-electron chi connectivity index (χ4n) is 3.75. The summed E-state index contributed by atoms with van der Waals surface area (Å²) in [5, 5.41) is 9.89. The molecule has 1 N–H and O–H groups in total. The SMILES string of the molecule is CN(Cc1ccccc1O)C(=O)C1CCCN(C(=O)N2CCCC2)C1. The number of nitrogens with zero attached hydrogens (tertiary/aromatic N) is 3. The first-order valence-corrected chi connectivity index (χ1v) is 9.12. The Bertz CT molecular complexity index is 628. The molecule has 2 heterocycles. The van der Waals surface area contributed by atoms with Gasteiger partial charge >= 0.3 is 6.03 Å². The first-order chi connectivity index (χ1) is 12.1.